The SMILES string of the molecule is CCCC(Cc1nc(C2CC3CCC2C3)no1)NCC. The number of nitrogens with zero attached hydrogens (tertiary/aromatic N) is 2. The van der Waals surface area contributed by atoms with Crippen LogP contribution < -0.4 is 5.32 Å². The molecule has 1 aromatic rings. The minimum atomic E-state index is 0.471. The van der Waals surface area contributed by atoms with Gasteiger partial charge in [-0.05, 0) is 44.1 Å². The third kappa shape index (κ3) is 2.90. The van der Waals surface area contributed by atoms with Crippen LogP contribution in [-0.2, 0) is 6.42 Å². The quantitative estimate of drug-likeness (QED) is 0.831. The zero-order valence-corrected chi connectivity index (χ0v) is 12.8. The van der Waals surface area contributed by atoms with Gasteiger partial charge in [-0.25, -0.2) is 0 Å². The number of fused-ring (bicyclic) bond motifs is 2. The average Bonchev–Trinajstić information content (AvgIpc) is 3.14. The molecule has 0 radical (unpaired) electrons. The highest BCUT2D eigenvalue weighted by Crippen LogP contribution is 2.52. The van der Waals surface area contributed by atoms with Gasteiger partial charge in [-0.3, -0.25) is 0 Å². The Bertz CT molecular complexity index is 425. The van der Waals surface area contributed by atoms with Crippen LogP contribution in [-0.4, -0.2) is 22.7 Å². The van der Waals surface area contributed by atoms with Crippen LogP contribution in [0.4, 0.5) is 0 Å². The number of hydrogen-bond donors (Lipinski definition) is 1. The topological polar surface area (TPSA) is 51.0 Å². The Kier molecular flexibility index (Phi) is 4.39. The van der Waals surface area contributed by atoms with Crippen molar-refractivity contribution in [3.63, 3.8) is 0 Å². The zero-order chi connectivity index (χ0) is 13.9. The van der Waals surface area contributed by atoms with E-state index in [1.54, 1.807) is 0 Å². The van der Waals surface area contributed by atoms with Crippen LogP contribution in [0.2, 0.25) is 0 Å². The first-order chi connectivity index (χ1) is 9.80. The summed E-state index contributed by atoms with van der Waals surface area (Å²) in [6, 6.07) is 0.471. The van der Waals surface area contributed by atoms with Crippen molar-refractivity contribution < 1.29 is 4.52 Å². The van der Waals surface area contributed by atoms with Gasteiger partial charge >= 0.3 is 0 Å². The molecule has 4 nitrogen and oxygen atoms in total. The van der Waals surface area contributed by atoms with Crippen LogP contribution in [0.3, 0.4) is 0 Å². The van der Waals surface area contributed by atoms with Crippen LogP contribution in [0.1, 0.15) is 70.0 Å². The van der Waals surface area contributed by atoms with Gasteiger partial charge in [0.2, 0.25) is 5.89 Å². The van der Waals surface area contributed by atoms with Crippen molar-refractivity contribution in [1.82, 2.24) is 15.5 Å². The molecule has 0 aliphatic heterocycles. The second-order valence-electron chi connectivity index (χ2n) is 6.58. The molecule has 1 N–H and O–H groups in total. The Morgan fingerprint density at radius 1 is 1.30 bits per heavy atom. The molecule has 0 saturated heterocycles. The zero-order valence-electron chi connectivity index (χ0n) is 12.8. The fraction of sp³-hybridized carbons (Fsp3) is 0.875. The maximum absolute atomic E-state index is 5.51. The van der Waals surface area contributed by atoms with E-state index in [0.717, 1.165) is 36.5 Å². The summed E-state index contributed by atoms with van der Waals surface area (Å²) < 4.78 is 5.51. The second kappa shape index (κ2) is 6.25. The van der Waals surface area contributed by atoms with Gasteiger partial charge in [-0.1, -0.05) is 31.8 Å². The minimum Gasteiger partial charge on any atom is -0.339 e. The molecule has 0 amide bonds. The fourth-order valence-electron chi connectivity index (χ4n) is 4.19. The van der Waals surface area contributed by atoms with Crippen LogP contribution in [0.15, 0.2) is 4.52 Å². The van der Waals surface area contributed by atoms with E-state index in [-0.39, 0.29) is 0 Å². The molecule has 1 heterocycles. The highest BCUT2D eigenvalue weighted by Gasteiger charge is 2.42. The van der Waals surface area contributed by atoms with Crippen LogP contribution >= 0.6 is 0 Å². The monoisotopic (exact) mass is 277 g/mol. The Morgan fingerprint density at radius 2 is 2.20 bits per heavy atom. The molecule has 2 saturated carbocycles. The third-order valence-corrected chi connectivity index (χ3v) is 5.10. The predicted octanol–water partition coefficient (Wildman–Crippen LogP) is 3.29. The van der Waals surface area contributed by atoms with Gasteiger partial charge < -0.3 is 9.84 Å². The summed E-state index contributed by atoms with van der Waals surface area (Å²) in [5.74, 6) is 4.14. The molecule has 4 unspecified atom stereocenters. The van der Waals surface area contributed by atoms with E-state index in [1.807, 2.05) is 0 Å². The first-order valence-corrected chi connectivity index (χ1v) is 8.36. The summed E-state index contributed by atoms with van der Waals surface area (Å²) >= 11 is 0. The van der Waals surface area contributed by atoms with Gasteiger partial charge in [0.1, 0.15) is 0 Å². The van der Waals surface area contributed by atoms with Gasteiger partial charge in [0, 0.05) is 18.4 Å². The molecule has 1 aromatic heterocycles. The first-order valence-electron chi connectivity index (χ1n) is 8.36. The van der Waals surface area contributed by atoms with Crippen LogP contribution in [0, 0.1) is 11.8 Å². The largest absolute Gasteiger partial charge is 0.339 e. The highest BCUT2D eigenvalue weighted by molar-refractivity contribution is 5.06. The lowest BCUT2D eigenvalue weighted by molar-refractivity contribution is 0.337. The van der Waals surface area contributed by atoms with E-state index in [9.17, 15) is 0 Å². The highest BCUT2D eigenvalue weighted by atomic mass is 16.5. The minimum absolute atomic E-state index is 0.471. The summed E-state index contributed by atoms with van der Waals surface area (Å²) in [6.07, 6.45) is 8.69. The molecule has 4 atom stereocenters. The predicted molar refractivity (Wildman–Crippen MR) is 78.6 cm³/mol. The van der Waals surface area contributed by atoms with E-state index >= 15 is 0 Å². The molecule has 2 bridgehead atoms. The summed E-state index contributed by atoms with van der Waals surface area (Å²) in [4.78, 5) is 4.70. The standard InChI is InChI=1S/C16H27N3O/c1-3-5-13(17-4-2)10-15-18-16(19-20-15)14-9-11-6-7-12(14)8-11/h11-14,17H,3-10H2,1-2H3. The van der Waals surface area contributed by atoms with Crippen LogP contribution in [0.5, 0.6) is 0 Å². The first kappa shape index (κ1) is 14.1. The molecule has 0 spiro atoms. The number of nitrogens with one attached hydrogen (secondary N) is 1. The molecule has 2 aliphatic carbocycles. The van der Waals surface area contributed by atoms with Crippen molar-refractivity contribution in [3.05, 3.63) is 11.7 Å². The van der Waals surface area contributed by atoms with E-state index in [1.165, 1.54) is 38.5 Å². The molecule has 0 aromatic carbocycles. The Morgan fingerprint density at radius 3 is 2.85 bits per heavy atom. The summed E-state index contributed by atoms with van der Waals surface area (Å²) in [7, 11) is 0. The maximum atomic E-state index is 5.51. The van der Waals surface area contributed by atoms with Gasteiger partial charge in [0.25, 0.3) is 0 Å². The van der Waals surface area contributed by atoms with Crippen molar-refractivity contribution in [2.75, 3.05) is 6.54 Å². The van der Waals surface area contributed by atoms with Gasteiger partial charge in [0.05, 0.1) is 0 Å². The lowest BCUT2D eigenvalue weighted by atomic mass is 9.88. The average molecular weight is 277 g/mol. The van der Waals surface area contributed by atoms with Crippen molar-refractivity contribution in [2.24, 2.45) is 11.8 Å². The van der Waals surface area contributed by atoms with Crippen LogP contribution in [0.25, 0.3) is 0 Å². The van der Waals surface area contributed by atoms with Gasteiger partial charge in [-0.2, -0.15) is 4.98 Å². The molecular formula is C16H27N3O. The summed E-state index contributed by atoms with van der Waals surface area (Å²) in [6.45, 7) is 5.37. The molecule has 2 fully saturated rings. The van der Waals surface area contributed by atoms with Crippen molar-refractivity contribution in [3.8, 4) is 0 Å². The number of aromatic nitrogens is 2. The molecule has 4 heteroatoms. The lowest BCUT2D eigenvalue weighted by Gasteiger charge is -2.17. The van der Waals surface area contributed by atoms with E-state index in [2.05, 4.69) is 24.3 Å². The van der Waals surface area contributed by atoms with Crippen molar-refractivity contribution in [1.29, 1.82) is 0 Å². The van der Waals surface area contributed by atoms with E-state index in [0.29, 0.717) is 12.0 Å². The number of likely N-dealkylation sites (N-methyl/N-ethyl adjacent to an activating group) is 1. The van der Waals surface area contributed by atoms with E-state index < -0.39 is 0 Å². The van der Waals surface area contributed by atoms with Crippen molar-refractivity contribution in [2.45, 2.75) is 70.8 Å². The Balaban J connectivity index is 1.61. The summed E-state index contributed by atoms with van der Waals surface area (Å²) in [5, 5.41) is 7.79. The summed E-state index contributed by atoms with van der Waals surface area (Å²) in [5.41, 5.74) is 0. The fourth-order valence-corrected chi connectivity index (χ4v) is 4.19. The number of rotatable bonds is 7. The van der Waals surface area contributed by atoms with Gasteiger partial charge in [-0.15, -0.1) is 0 Å². The van der Waals surface area contributed by atoms with Gasteiger partial charge in [0.15, 0.2) is 5.82 Å². The van der Waals surface area contributed by atoms with Crippen molar-refractivity contribution >= 4 is 0 Å². The normalized spacial score (nSPS) is 30.0. The number of hydrogen-bond acceptors (Lipinski definition) is 4. The molecule has 20 heavy (non-hydrogen) atoms. The lowest BCUT2D eigenvalue weighted by Crippen LogP contribution is -2.30. The molecular weight excluding hydrogens is 250 g/mol. The Hall–Kier alpha value is -0.900. The Labute approximate surface area is 121 Å². The molecule has 112 valence electrons. The smallest absolute Gasteiger partial charge is 0.228 e. The third-order valence-electron chi connectivity index (χ3n) is 5.10. The van der Waals surface area contributed by atoms with E-state index in [4.69, 9.17) is 9.51 Å². The molecule has 3 rings (SSSR count). The maximum Gasteiger partial charge on any atom is 0.228 e. The second-order valence-corrected chi connectivity index (χ2v) is 6.58. The molecule has 2 aliphatic rings.